The molecule has 96 valence electrons. The number of hydrogen-bond acceptors (Lipinski definition) is 1. The van der Waals surface area contributed by atoms with E-state index in [4.69, 9.17) is 0 Å². The molecule has 0 saturated carbocycles. The Labute approximate surface area is 109 Å². The van der Waals surface area contributed by atoms with Crippen molar-refractivity contribution < 1.29 is 4.79 Å². The van der Waals surface area contributed by atoms with E-state index in [-0.39, 0.29) is 11.4 Å². The van der Waals surface area contributed by atoms with Gasteiger partial charge in [-0.1, -0.05) is 56.0 Å². The zero-order valence-electron chi connectivity index (χ0n) is 11.1. The smallest absolute Gasteiger partial charge is 0.231 e. The molecule has 1 amide bonds. The van der Waals surface area contributed by atoms with Crippen LogP contribution in [0.5, 0.6) is 0 Å². The van der Waals surface area contributed by atoms with Crippen molar-refractivity contribution in [2.75, 3.05) is 5.33 Å². The Kier molecular flexibility index (Phi) is 8.08. The Morgan fingerprint density at radius 3 is 2.50 bits per heavy atom. The minimum absolute atomic E-state index is 0.0294. The van der Waals surface area contributed by atoms with Crippen molar-refractivity contribution in [1.82, 2.24) is 5.32 Å². The van der Waals surface area contributed by atoms with E-state index < -0.39 is 0 Å². The number of carbonyl (C=O) groups excluding carboxylic acids is 1. The molecule has 2 atom stereocenters. The van der Waals surface area contributed by atoms with Crippen LogP contribution in [0.4, 0.5) is 0 Å². The fourth-order valence-corrected chi connectivity index (χ4v) is 1.88. The van der Waals surface area contributed by atoms with Crippen LogP contribution in [0.2, 0.25) is 0 Å². The molecule has 0 aliphatic rings. The Morgan fingerprint density at radius 2 is 2.06 bits per heavy atom. The molecule has 0 bridgehead atoms. The number of carbonyl (C=O) groups is 1. The predicted molar refractivity (Wildman–Crippen MR) is 73.9 cm³/mol. The Balaban J connectivity index is 4.01. The molecule has 2 nitrogen and oxygen atoms in total. The number of hydrogen-bond donors (Lipinski definition) is 1. The van der Waals surface area contributed by atoms with Crippen LogP contribution in [0.25, 0.3) is 0 Å². The second-order valence-corrected chi connectivity index (χ2v) is 5.56. The lowest BCUT2D eigenvalue weighted by Crippen LogP contribution is -2.46. The molecule has 16 heavy (non-hydrogen) atoms. The average Bonchev–Trinajstić information content (AvgIpc) is 2.28. The zero-order valence-corrected chi connectivity index (χ0v) is 12.7. The van der Waals surface area contributed by atoms with Crippen LogP contribution in [0.15, 0.2) is 0 Å². The molecular formula is C13H26BrNO. The number of amides is 1. The first-order chi connectivity index (χ1) is 7.47. The van der Waals surface area contributed by atoms with E-state index in [9.17, 15) is 4.79 Å². The normalized spacial score (nSPS) is 16.6. The summed E-state index contributed by atoms with van der Waals surface area (Å²) in [6.07, 6.45) is 5.77. The molecule has 2 unspecified atom stereocenters. The van der Waals surface area contributed by atoms with Gasteiger partial charge in [-0.2, -0.15) is 0 Å². The summed E-state index contributed by atoms with van der Waals surface area (Å²) in [5.74, 6) is 0.890. The van der Waals surface area contributed by atoms with Crippen molar-refractivity contribution in [2.24, 2.45) is 5.92 Å². The largest absolute Gasteiger partial charge is 0.350 e. The maximum Gasteiger partial charge on any atom is 0.231 e. The third-order valence-corrected chi connectivity index (χ3v) is 3.97. The van der Waals surface area contributed by atoms with Gasteiger partial charge in [0.2, 0.25) is 5.91 Å². The maximum absolute atomic E-state index is 11.4. The molecule has 0 aromatic carbocycles. The summed E-state index contributed by atoms with van der Waals surface area (Å²) in [5.41, 5.74) is -0.0294. The zero-order chi connectivity index (χ0) is 12.6. The minimum atomic E-state index is -0.0294. The van der Waals surface area contributed by atoms with Gasteiger partial charge in [-0.25, -0.2) is 0 Å². The number of nitrogens with one attached hydrogen (secondary N) is 1. The molecular weight excluding hydrogens is 266 g/mol. The first kappa shape index (κ1) is 16.0. The molecule has 1 N–H and O–H groups in total. The molecule has 3 heteroatoms. The van der Waals surface area contributed by atoms with E-state index in [0.717, 1.165) is 18.8 Å². The van der Waals surface area contributed by atoms with Crippen molar-refractivity contribution in [3.63, 3.8) is 0 Å². The van der Waals surface area contributed by atoms with Crippen LogP contribution in [0, 0.1) is 5.92 Å². The molecule has 0 aliphatic heterocycles. The van der Waals surface area contributed by atoms with Gasteiger partial charge in [-0.3, -0.25) is 4.79 Å². The molecule has 0 rings (SSSR count). The van der Waals surface area contributed by atoms with E-state index in [1.807, 2.05) is 0 Å². The second kappa shape index (κ2) is 8.10. The molecule has 0 heterocycles. The highest BCUT2D eigenvalue weighted by molar-refractivity contribution is 9.09. The highest BCUT2D eigenvalue weighted by Crippen LogP contribution is 2.21. The number of alkyl halides is 1. The first-order valence-corrected chi connectivity index (χ1v) is 7.46. The van der Waals surface area contributed by atoms with Crippen molar-refractivity contribution in [2.45, 2.75) is 65.3 Å². The molecule has 0 aromatic rings. The standard InChI is InChI=1S/C13H26BrNO/c1-5-11(3)8-7-9-13(4,6-2)15-12(16)10-14/h11H,5-10H2,1-4H3,(H,15,16). The van der Waals surface area contributed by atoms with Crippen molar-refractivity contribution in [3.05, 3.63) is 0 Å². The van der Waals surface area contributed by atoms with Gasteiger partial charge >= 0.3 is 0 Å². The lowest BCUT2D eigenvalue weighted by atomic mass is 9.89. The van der Waals surface area contributed by atoms with E-state index in [0.29, 0.717) is 5.33 Å². The number of rotatable bonds is 8. The van der Waals surface area contributed by atoms with Gasteiger partial charge in [-0.15, -0.1) is 0 Å². The second-order valence-electron chi connectivity index (χ2n) is 5.00. The molecule has 0 aliphatic carbocycles. The third kappa shape index (κ3) is 6.51. The lowest BCUT2D eigenvalue weighted by Gasteiger charge is -2.30. The quantitative estimate of drug-likeness (QED) is 0.676. The van der Waals surface area contributed by atoms with E-state index in [1.54, 1.807) is 0 Å². The summed E-state index contributed by atoms with van der Waals surface area (Å²) in [6, 6.07) is 0. The highest BCUT2D eigenvalue weighted by Gasteiger charge is 2.23. The van der Waals surface area contributed by atoms with Crippen LogP contribution in [0.1, 0.15) is 59.8 Å². The van der Waals surface area contributed by atoms with E-state index in [1.165, 1.54) is 19.3 Å². The fraction of sp³-hybridized carbons (Fsp3) is 0.923. The molecule has 0 fully saturated rings. The molecule has 0 radical (unpaired) electrons. The minimum Gasteiger partial charge on any atom is -0.350 e. The molecule has 0 saturated heterocycles. The summed E-state index contributed by atoms with van der Waals surface area (Å²) >= 11 is 3.19. The van der Waals surface area contributed by atoms with Crippen molar-refractivity contribution in [3.8, 4) is 0 Å². The van der Waals surface area contributed by atoms with Gasteiger partial charge in [-0.05, 0) is 25.7 Å². The highest BCUT2D eigenvalue weighted by atomic mass is 79.9. The Bertz CT molecular complexity index is 208. The molecule has 0 aromatic heterocycles. The maximum atomic E-state index is 11.4. The first-order valence-electron chi connectivity index (χ1n) is 6.34. The van der Waals surface area contributed by atoms with Crippen molar-refractivity contribution in [1.29, 1.82) is 0 Å². The summed E-state index contributed by atoms with van der Waals surface area (Å²) < 4.78 is 0. The van der Waals surface area contributed by atoms with Crippen LogP contribution in [-0.2, 0) is 4.79 Å². The van der Waals surface area contributed by atoms with Crippen LogP contribution < -0.4 is 5.32 Å². The third-order valence-electron chi connectivity index (χ3n) is 3.47. The number of halogens is 1. The van der Waals surface area contributed by atoms with Crippen molar-refractivity contribution >= 4 is 21.8 Å². The summed E-state index contributed by atoms with van der Waals surface area (Å²) in [5, 5.41) is 3.50. The van der Waals surface area contributed by atoms with E-state index >= 15 is 0 Å². The van der Waals surface area contributed by atoms with Gasteiger partial charge in [0.25, 0.3) is 0 Å². The van der Waals surface area contributed by atoms with E-state index in [2.05, 4.69) is 48.9 Å². The van der Waals surface area contributed by atoms with Crippen LogP contribution >= 0.6 is 15.9 Å². The topological polar surface area (TPSA) is 29.1 Å². The average molecular weight is 292 g/mol. The summed E-state index contributed by atoms with van der Waals surface area (Å²) in [4.78, 5) is 11.4. The summed E-state index contributed by atoms with van der Waals surface area (Å²) in [7, 11) is 0. The fourth-order valence-electron chi connectivity index (χ4n) is 1.74. The van der Waals surface area contributed by atoms with Gasteiger partial charge in [0.05, 0.1) is 5.33 Å². The van der Waals surface area contributed by atoms with Crippen LogP contribution in [0.3, 0.4) is 0 Å². The summed E-state index contributed by atoms with van der Waals surface area (Å²) in [6.45, 7) is 8.80. The predicted octanol–water partition coefficient (Wildman–Crippen LogP) is 3.88. The monoisotopic (exact) mass is 291 g/mol. The Hall–Kier alpha value is -0.0500. The van der Waals surface area contributed by atoms with Gasteiger partial charge in [0.15, 0.2) is 0 Å². The van der Waals surface area contributed by atoms with Crippen LogP contribution in [-0.4, -0.2) is 16.8 Å². The Morgan fingerprint density at radius 1 is 1.44 bits per heavy atom. The van der Waals surface area contributed by atoms with Gasteiger partial charge in [0.1, 0.15) is 0 Å². The van der Waals surface area contributed by atoms with Gasteiger partial charge in [0, 0.05) is 5.54 Å². The lowest BCUT2D eigenvalue weighted by molar-refractivity contribution is -0.120. The SMILES string of the molecule is CCC(C)CCCC(C)(CC)NC(=O)CBr. The van der Waals surface area contributed by atoms with Gasteiger partial charge < -0.3 is 5.32 Å². The molecule has 0 spiro atoms.